The normalized spacial score (nSPS) is 13.7. The molecule has 114 valence electrons. The fraction of sp³-hybridized carbons (Fsp3) is 0.571. The maximum absolute atomic E-state index is 13.9. The van der Waals surface area contributed by atoms with Crippen LogP contribution in [0.5, 0.6) is 0 Å². The number of anilines is 1. The molecule has 0 heterocycles. The molecule has 2 N–H and O–H groups in total. The quantitative estimate of drug-likeness (QED) is 0.788. The van der Waals surface area contributed by atoms with Crippen molar-refractivity contribution in [2.24, 2.45) is 0 Å². The molecule has 1 atom stereocenters. The van der Waals surface area contributed by atoms with Gasteiger partial charge in [-0.05, 0) is 38.0 Å². The van der Waals surface area contributed by atoms with Gasteiger partial charge in [0.05, 0.1) is 0 Å². The molecular weight excluding hydrogens is 279 g/mol. The van der Waals surface area contributed by atoms with E-state index >= 15 is 0 Å². The van der Waals surface area contributed by atoms with Crippen LogP contribution in [0, 0.1) is 5.82 Å². The van der Waals surface area contributed by atoms with E-state index in [0.29, 0.717) is 13.0 Å². The number of nitrogen functional groups attached to an aromatic ring is 1. The minimum atomic E-state index is -3.83. The molecule has 0 saturated carbocycles. The zero-order valence-corrected chi connectivity index (χ0v) is 13.1. The van der Waals surface area contributed by atoms with Crippen LogP contribution < -0.4 is 5.73 Å². The Bertz CT molecular complexity index is 546. The summed E-state index contributed by atoms with van der Waals surface area (Å²) >= 11 is 0. The molecule has 0 aliphatic rings. The Labute approximate surface area is 120 Å². The summed E-state index contributed by atoms with van der Waals surface area (Å²) in [6.45, 7) is 6.14. The summed E-state index contributed by atoms with van der Waals surface area (Å²) in [5, 5.41) is 0. The van der Waals surface area contributed by atoms with Crippen LogP contribution in [0.25, 0.3) is 0 Å². The highest BCUT2D eigenvalue weighted by Gasteiger charge is 2.30. The average molecular weight is 302 g/mol. The van der Waals surface area contributed by atoms with Gasteiger partial charge in [-0.2, -0.15) is 4.31 Å². The molecule has 1 rings (SSSR count). The summed E-state index contributed by atoms with van der Waals surface area (Å²) in [5.41, 5.74) is 5.68. The molecule has 4 nitrogen and oxygen atoms in total. The van der Waals surface area contributed by atoms with Crippen molar-refractivity contribution in [2.75, 3.05) is 12.3 Å². The number of hydrogen-bond donors (Lipinski definition) is 1. The topological polar surface area (TPSA) is 63.4 Å². The Kier molecular flexibility index (Phi) is 5.95. The standard InChI is InChI=1S/C14H23FN2O2S/c1-4-6-9-17(11(3)5-2)20(18,19)14-8-7-12(16)10-13(14)15/h7-8,10-11H,4-6,9,16H2,1-3H3. The van der Waals surface area contributed by atoms with E-state index in [1.165, 1.54) is 16.4 Å². The Morgan fingerprint density at radius 2 is 2.00 bits per heavy atom. The van der Waals surface area contributed by atoms with Crippen molar-refractivity contribution < 1.29 is 12.8 Å². The van der Waals surface area contributed by atoms with Crippen LogP contribution in [0.2, 0.25) is 0 Å². The van der Waals surface area contributed by atoms with Gasteiger partial charge in [0.15, 0.2) is 0 Å². The number of rotatable bonds is 7. The van der Waals surface area contributed by atoms with Gasteiger partial charge >= 0.3 is 0 Å². The second-order valence-electron chi connectivity index (χ2n) is 4.92. The summed E-state index contributed by atoms with van der Waals surface area (Å²) in [5.74, 6) is -0.796. The lowest BCUT2D eigenvalue weighted by Crippen LogP contribution is -2.39. The SMILES string of the molecule is CCCCN(C(C)CC)S(=O)(=O)c1ccc(N)cc1F. The first-order valence-electron chi connectivity index (χ1n) is 6.91. The van der Waals surface area contributed by atoms with Gasteiger partial charge < -0.3 is 5.73 Å². The van der Waals surface area contributed by atoms with E-state index in [1.807, 2.05) is 20.8 Å². The lowest BCUT2D eigenvalue weighted by molar-refractivity contribution is 0.323. The molecule has 0 aromatic heterocycles. The van der Waals surface area contributed by atoms with Crippen LogP contribution in [0.4, 0.5) is 10.1 Å². The first-order valence-corrected chi connectivity index (χ1v) is 8.35. The Hall–Kier alpha value is -1.14. The molecular formula is C14H23FN2O2S. The van der Waals surface area contributed by atoms with Crippen LogP contribution in [0.1, 0.15) is 40.0 Å². The van der Waals surface area contributed by atoms with Gasteiger partial charge in [0.1, 0.15) is 10.7 Å². The van der Waals surface area contributed by atoms with Gasteiger partial charge in [-0.1, -0.05) is 20.3 Å². The molecule has 1 aromatic rings. The highest BCUT2D eigenvalue weighted by molar-refractivity contribution is 7.89. The molecule has 20 heavy (non-hydrogen) atoms. The van der Waals surface area contributed by atoms with Crippen LogP contribution in [-0.2, 0) is 10.0 Å². The zero-order valence-electron chi connectivity index (χ0n) is 12.3. The molecule has 0 spiro atoms. The van der Waals surface area contributed by atoms with E-state index in [1.54, 1.807) is 0 Å². The largest absolute Gasteiger partial charge is 0.399 e. The van der Waals surface area contributed by atoms with E-state index in [0.717, 1.165) is 18.9 Å². The van der Waals surface area contributed by atoms with Crippen molar-refractivity contribution in [2.45, 2.75) is 51.0 Å². The van der Waals surface area contributed by atoms with Crippen LogP contribution in [-0.4, -0.2) is 25.3 Å². The average Bonchev–Trinajstić information content (AvgIpc) is 2.38. The van der Waals surface area contributed by atoms with E-state index in [4.69, 9.17) is 5.73 Å². The molecule has 0 bridgehead atoms. The summed E-state index contributed by atoms with van der Waals surface area (Å²) in [4.78, 5) is -0.303. The maximum atomic E-state index is 13.9. The smallest absolute Gasteiger partial charge is 0.246 e. The number of nitrogens with zero attached hydrogens (tertiary/aromatic N) is 1. The number of halogens is 1. The molecule has 0 radical (unpaired) electrons. The van der Waals surface area contributed by atoms with Gasteiger partial charge in [-0.15, -0.1) is 0 Å². The number of benzene rings is 1. The molecule has 0 amide bonds. The predicted octanol–water partition coefficient (Wildman–Crippen LogP) is 3.00. The first-order chi connectivity index (χ1) is 9.34. The minimum Gasteiger partial charge on any atom is -0.399 e. The van der Waals surface area contributed by atoms with Crippen LogP contribution in [0.15, 0.2) is 23.1 Å². The van der Waals surface area contributed by atoms with E-state index in [-0.39, 0.29) is 16.6 Å². The molecule has 1 aromatic carbocycles. The van der Waals surface area contributed by atoms with Gasteiger partial charge in [0.25, 0.3) is 0 Å². The lowest BCUT2D eigenvalue weighted by atomic mass is 10.2. The summed E-state index contributed by atoms with van der Waals surface area (Å²) < 4.78 is 40.5. The third kappa shape index (κ3) is 3.70. The van der Waals surface area contributed by atoms with Crippen molar-refractivity contribution in [3.8, 4) is 0 Å². The van der Waals surface area contributed by atoms with Crippen LogP contribution in [0.3, 0.4) is 0 Å². The fourth-order valence-corrected chi connectivity index (χ4v) is 3.74. The number of nitrogens with two attached hydrogens (primary N) is 1. The third-order valence-corrected chi connectivity index (χ3v) is 5.40. The number of hydrogen-bond acceptors (Lipinski definition) is 3. The lowest BCUT2D eigenvalue weighted by Gasteiger charge is -2.27. The van der Waals surface area contributed by atoms with Crippen molar-refractivity contribution >= 4 is 15.7 Å². The van der Waals surface area contributed by atoms with Crippen molar-refractivity contribution in [3.05, 3.63) is 24.0 Å². The maximum Gasteiger partial charge on any atom is 0.246 e. The monoisotopic (exact) mass is 302 g/mol. The highest BCUT2D eigenvalue weighted by atomic mass is 32.2. The summed E-state index contributed by atoms with van der Waals surface area (Å²) in [6, 6.07) is 3.52. The molecule has 0 fully saturated rings. The zero-order chi connectivity index (χ0) is 15.3. The molecule has 0 saturated heterocycles. The molecule has 6 heteroatoms. The van der Waals surface area contributed by atoms with Gasteiger partial charge in [-0.3, -0.25) is 0 Å². The second kappa shape index (κ2) is 7.04. The Morgan fingerprint density at radius 3 is 2.50 bits per heavy atom. The fourth-order valence-electron chi connectivity index (χ4n) is 1.95. The van der Waals surface area contributed by atoms with Gasteiger partial charge in [0.2, 0.25) is 10.0 Å². The minimum absolute atomic E-state index is 0.163. The highest BCUT2D eigenvalue weighted by Crippen LogP contribution is 2.24. The molecule has 0 aliphatic carbocycles. The predicted molar refractivity (Wildman–Crippen MR) is 79.4 cm³/mol. The summed E-state index contributed by atoms with van der Waals surface area (Å²) in [7, 11) is -3.83. The van der Waals surface area contributed by atoms with Gasteiger partial charge in [-0.25, -0.2) is 12.8 Å². The third-order valence-electron chi connectivity index (χ3n) is 3.36. The van der Waals surface area contributed by atoms with Crippen LogP contribution >= 0.6 is 0 Å². The second-order valence-corrected chi connectivity index (χ2v) is 6.78. The molecule has 0 aliphatic heterocycles. The Balaban J connectivity index is 3.21. The Morgan fingerprint density at radius 1 is 1.35 bits per heavy atom. The molecule has 1 unspecified atom stereocenters. The number of sulfonamides is 1. The van der Waals surface area contributed by atoms with E-state index < -0.39 is 15.8 Å². The van der Waals surface area contributed by atoms with Crippen molar-refractivity contribution in [1.29, 1.82) is 0 Å². The van der Waals surface area contributed by atoms with Crippen molar-refractivity contribution in [1.82, 2.24) is 4.31 Å². The van der Waals surface area contributed by atoms with Crippen molar-refractivity contribution in [3.63, 3.8) is 0 Å². The van der Waals surface area contributed by atoms with E-state index in [2.05, 4.69) is 0 Å². The van der Waals surface area contributed by atoms with Gasteiger partial charge in [0, 0.05) is 18.3 Å². The van der Waals surface area contributed by atoms with E-state index in [9.17, 15) is 12.8 Å². The summed E-state index contributed by atoms with van der Waals surface area (Å²) in [6.07, 6.45) is 2.31. The number of unbranched alkanes of at least 4 members (excludes halogenated alkanes) is 1. The first kappa shape index (κ1) is 16.9.